The summed E-state index contributed by atoms with van der Waals surface area (Å²) in [4.78, 5) is 14.8. The van der Waals surface area contributed by atoms with Crippen LogP contribution in [-0.4, -0.2) is 48.0 Å². The summed E-state index contributed by atoms with van der Waals surface area (Å²) in [5, 5.41) is 15.0. The maximum atomic E-state index is 12.4. The first-order valence-electron chi connectivity index (χ1n) is 7.50. The van der Waals surface area contributed by atoms with Gasteiger partial charge in [0.15, 0.2) is 5.84 Å². The van der Waals surface area contributed by atoms with Crippen LogP contribution in [0.2, 0.25) is 0 Å². The molecule has 6 nitrogen and oxygen atoms in total. The zero-order chi connectivity index (χ0) is 14.8. The van der Waals surface area contributed by atoms with E-state index in [0.29, 0.717) is 31.2 Å². The van der Waals surface area contributed by atoms with Crippen molar-refractivity contribution in [1.29, 1.82) is 0 Å². The van der Waals surface area contributed by atoms with Gasteiger partial charge in [0.05, 0.1) is 0 Å². The third-order valence-corrected chi connectivity index (χ3v) is 4.80. The van der Waals surface area contributed by atoms with Gasteiger partial charge in [0.25, 0.3) is 0 Å². The highest BCUT2D eigenvalue weighted by atomic mass is 16.4. The van der Waals surface area contributed by atoms with Crippen LogP contribution >= 0.6 is 0 Å². The molecule has 2 aliphatic rings. The lowest BCUT2D eigenvalue weighted by molar-refractivity contribution is -0.133. The normalized spacial score (nSPS) is 34.8. The Morgan fingerprint density at radius 2 is 2.25 bits per heavy atom. The minimum atomic E-state index is -0.781. The number of oxime groups is 1. The van der Waals surface area contributed by atoms with Gasteiger partial charge in [0.2, 0.25) is 5.91 Å². The van der Waals surface area contributed by atoms with Crippen LogP contribution in [0.4, 0.5) is 0 Å². The molecule has 0 aromatic heterocycles. The number of nitrogens with one attached hydrogen (secondary N) is 1. The maximum absolute atomic E-state index is 12.4. The van der Waals surface area contributed by atoms with Crippen molar-refractivity contribution in [3.8, 4) is 0 Å². The summed E-state index contributed by atoms with van der Waals surface area (Å²) in [5.41, 5.74) is 4.95. The number of rotatable bonds is 5. The van der Waals surface area contributed by atoms with E-state index in [9.17, 15) is 4.79 Å². The van der Waals surface area contributed by atoms with Crippen LogP contribution in [0.25, 0.3) is 0 Å². The molecule has 2 rings (SSSR count). The molecule has 1 aliphatic carbocycles. The molecule has 1 saturated heterocycles. The Morgan fingerprint density at radius 1 is 1.55 bits per heavy atom. The van der Waals surface area contributed by atoms with E-state index < -0.39 is 5.41 Å². The van der Waals surface area contributed by atoms with Crippen LogP contribution in [-0.2, 0) is 4.79 Å². The van der Waals surface area contributed by atoms with Crippen molar-refractivity contribution < 1.29 is 10.0 Å². The second-order valence-corrected chi connectivity index (χ2v) is 6.34. The van der Waals surface area contributed by atoms with Gasteiger partial charge in [-0.05, 0) is 44.2 Å². The van der Waals surface area contributed by atoms with E-state index in [4.69, 9.17) is 10.9 Å². The molecule has 1 amide bonds. The summed E-state index contributed by atoms with van der Waals surface area (Å²) in [6, 6.07) is 0. The van der Waals surface area contributed by atoms with E-state index in [2.05, 4.69) is 29.2 Å². The van der Waals surface area contributed by atoms with Crippen molar-refractivity contribution in [2.75, 3.05) is 26.2 Å². The van der Waals surface area contributed by atoms with Crippen LogP contribution in [0.15, 0.2) is 5.16 Å². The summed E-state index contributed by atoms with van der Waals surface area (Å²) >= 11 is 0. The summed E-state index contributed by atoms with van der Waals surface area (Å²) in [6.07, 6.45) is 2.46. The topological polar surface area (TPSA) is 91.0 Å². The van der Waals surface area contributed by atoms with Crippen LogP contribution in [0.1, 0.15) is 33.1 Å². The van der Waals surface area contributed by atoms with E-state index in [1.165, 1.54) is 0 Å². The molecule has 114 valence electrons. The smallest absolute Gasteiger partial charge is 0.233 e. The van der Waals surface area contributed by atoms with Crippen molar-refractivity contribution in [3.63, 3.8) is 0 Å². The average molecular weight is 282 g/mol. The predicted molar refractivity (Wildman–Crippen MR) is 77.5 cm³/mol. The van der Waals surface area contributed by atoms with Gasteiger partial charge in [-0.1, -0.05) is 19.0 Å². The molecule has 1 aliphatic heterocycles. The van der Waals surface area contributed by atoms with E-state index in [-0.39, 0.29) is 11.7 Å². The molecule has 0 aromatic carbocycles. The lowest BCUT2D eigenvalue weighted by Gasteiger charge is -2.43. The van der Waals surface area contributed by atoms with Gasteiger partial charge in [-0.15, -0.1) is 0 Å². The molecule has 4 N–H and O–H groups in total. The Hall–Kier alpha value is -1.30. The zero-order valence-electron chi connectivity index (χ0n) is 12.4. The first-order valence-corrected chi connectivity index (χ1v) is 7.50. The van der Waals surface area contributed by atoms with Crippen molar-refractivity contribution in [2.45, 2.75) is 33.1 Å². The molecule has 0 radical (unpaired) electrons. The molecule has 1 heterocycles. The summed E-state index contributed by atoms with van der Waals surface area (Å²) in [6.45, 7) is 8.14. The third-order valence-electron chi connectivity index (χ3n) is 4.80. The number of nitrogens with zero attached hydrogens (tertiary/aromatic N) is 2. The largest absolute Gasteiger partial charge is 0.409 e. The third kappa shape index (κ3) is 2.75. The number of amides is 1. The molecule has 0 spiro atoms. The van der Waals surface area contributed by atoms with Gasteiger partial charge in [-0.25, -0.2) is 0 Å². The van der Waals surface area contributed by atoms with E-state index in [1.807, 2.05) is 0 Å². The monoisotopic (exact) mass is 282 g/mol. The summed E-state index contributed by atoms with van der Waals surface area (Å²) in [5.74, 6) is 0.930. The van der Waals surface area contributed by atoms with Crippen molar-refractivity contribution in [3.05, 3.63) is 0 Å². The molecule has 6 heteroatoms. The predicted octanol–water partition coefficient (Wildman–Crippen LogP) is 0.607. The van der Waals surface area contributed by atoms with Crippen molar-refractivity contribution >= 4 is 11.7 Å². The van der Waals surface area contributed by atoms with Gasteiger partial charge < -0.3 is 21.2 Å². The minimum absolute atomic E-state index is 0.0507. The van der Waals surface area contributed by atoms with Gasteiger partial charge >= 0.3 is 0 Å². The lowest BCUT2D eigenvalue weighted by Crippen LogP contribution is -2.57. The fourth-order valence-corrected chi connectivity index (χ4v) is 3.51. The Balaban J connectivity index is 1.87. The SMILES string of the molecule is CCN1CCC(CNC(=O)C2(C(N)=NO)CC(C)C2)C1. The van der Waals surface area contributed by atoms with Crippen LogP contribution in [0, 0.1) is 17.3 Å². The molecule has 0 bridgehead atoms. The highest BCUT2D eigenvalue weighted by molar-refractivity contribution is 6.07. The van der Waals surface area contributed by atoms with Gasteiger partial charge in [-0.3, -0.25) is 4.79 Å². The Labute approximate surface area is 120 Å². The number of likely N-dealkylation sites (tertiary alicyclic amines) is 1. The second-order valence-electron chi connectivity index (χ2n) is 6.34. The highest BCUT2D eigenvalue weighted by Crippen LogP contribution is 2.45. The van der Waals surface area contributed by atoms with Crippen molar-refractivity contribution in [1.82, 2.24) is 10.2 Å². The fraction of sp³-hybridized carbons (Fsp3) is 0.857. The number of nitrogens with two attached hydrogens (primary N) is 1. The molecule has 1 atom stereocenters. The maximum Gasteiger partial charge on any atom is 0.233 e. The summed E-state index contributed by atoms with van der Waals surface area (Å²) in [7, 11) is 0. The van der Waals surface area contributed by atoms with Crippen LogP contribution in [0.5, 0.6) is 0 Å². The Kier molecular flexibility index (Phi) is 4.52. The molecular weight excluding hydrogens is 256 g/mol. The van der Waals surface area contributed by atoms with Crippen LogP contribution in [0.3, 0.4) is 0 Å². The second kappa shape index (κ2) is 5.99. The Morgan fingerprint density at radius 3 is 2.75 bits per heavy atom. The standard InChI is InChI=1S/C14H26N4O2/c1-3-18-5-4-11(9-18)8-16-13(19)14(12(15)17-20)6-10(2)7-14/h10-11,20H,3-9H2,1-2H3,(H2,15,17)(H,16,19). The van der Waals surface area contributed by atoms with E-state index in [0.717, 1.165) is 26.1 Å². The molecule has 1 saturated carbocycles. The van der Waals surface area contributed by atoms with Crippen LogP contribution < -0.4 is 11.1 Å². The minimum Gasteiger partial charge on any atom is -0.409 e. The number of hydrogen-bond donors (Lipinski definition) is 3. The molecule has 20 heavy (non-hydrogen) atoms. The fourth-order valence-electron chi connectivity index (χ4n) is 3.51. The zero-order valence-corrected chi connectivity index (χ0v) is 12.4. The van der Waals surface area contributed by atoms with E-state index >= 15 is 0 Å². The average Bonchev–Trinajstić information content (AvgIpc) is 2.88. The van der Waals surface area contributed by atoms with Gasteiger partial charge in [-0.2, -0.15) is 0 Å². The number of amidine groups is 1. The number of carbonyl (C=O) groups is 1. The number of carbonyl (C=O) groups excluding carboxylic acids is 1. The quantitative estimate of drug-likeness (QED) is 0.298. The molecule has 0 aromatic rings. The molecular formula is C14H26N4O2. The van der Waals surface area contributed by atoms with Gasteiger partial charge in [0, 0.05) is 13.1 Å². The first-order chi connectivity index (χ1) is 9.51. The molecule has 1 unspecified atom stereocenters. The van der Waals surface area contributed by atoms with Gasteiger partial charge in [0.1, 0.15) is 5.41 Å². The molecule has 2 fully saturated rings. The van der Waals surface area contributed by atoms with E-state index in [1.54, 1.807) is 0 Å². The van der Waals surface area contributed by atoms with Crippen molar-refractivity contribution in [2.24, 2.45) is 28.1 Å². The lowest BCUT2D eigenvalue weighted by atomic mass is 9.61. The summed E-state index contributed by atoms with van der Waals surface area (Å²) < 4.78 is 0. The number of hydrogen-bond acceptors (Lipinski definition) is 4. The first kappa shape index (κ1) is 15.1. The Bertz CT molecular complexity index is 391. The highest BCUT2D eigenvalue weighted by Gasteiger charge is 2.52.